The largest absolute Gasteiger partial charge is 0.465 e. The van der Waals surface area contributed by atoms with Gasteiger partial charge < -0.3 is 24.4 Å². The fraction of sp³-hybridized carbons (Fsp3) is 0.965. The van der Waals surface area contributed by atoms with Crippen molar-refractivity contribution in [1.29, 1.82) is 0 Å². The number of hydrogen-bond donors (Lipinski definition) is 1. The lowest BCUT2D eigenvalue weighted by Crippen LogP contribution is -2.37. The Bertz CT molecular complexity index is 879. The van der Waals surface area contributed by atoms with Crippen LogP contribution in [0.4, 0.5) is 0 Å². The number of hydrogen-bond acceptors (Lipinski definition) is 7. The Hall–Kier alpha value is -1.18. The zero-order chi connectivity index (χ0) is 46.8. The summed E-state index contributed by atoms with van der Waals surface area (Å²) in [6, 6.07) is 0. The minimum Gasteiger partial charge on any atom is -0.465 e. The van der Waals surface area contributed by atoms with Gasteiger partial charge in [0.1, 0.15) is 0 Å². The topological polar surface area (TPSA) is 79.3 Å². The maximum absolute atomic E-state index is 12.7. The van der Waals surface area contributed by atoms with Crippen LogP contribution in [0, 0.1) is 11.8 Å². The first-order chi connectivity index (χ1) is 31.4. The smallest absolute Gasteiger partial charge is 0.305 e. The maximum Gasteiger partial charge on any atom is 0.305 e. The summed E-state index contributed by atoms with van der Waals surface area (Å²) in [5.74, 6) is 1.09. The van der Waals surface area contributed by atoms with E-state index in [0.717, 1.165) is 71.4 Å². The minimum atomic E-state index is 0.0113. The average molecular weight is 908 g/mol. The van der Waals surface area contributed by atoms with Crippen molar-refractivity contribution < 1.29 is 24.2 Å². The summed E-state index contributed by atoms with van der Waals surface area (Å²) in [6.07, 6.45) is 46.7. The Morgan fingerprint density at radius 3 is 0.984 bits per heavy atom. The molecule has 0 heterocycles. The van der Waals surface area contributed by atoms with Crippen molar-refractivity contribution in [2.45, 2.75) is 285 Å². The SMILES string of the molecule is CCCCCCCCC(CCCCCC)COC(=O)CCCCCCCN(CCCCCCCC(=O)OCC(CCCCCC)CCCCCCCC)CCN(CCCC)CCCO. The van der Waals surface area contributed by atoms with Crippen LogP contribution >= 0.6 is 0 Å². The van der Waals surface area contributed by atoms with Gasteiger partial charge in [-0.25, -0.2) is 0 Å². The molecule has 0 aromatic carbocycles. The Kier molecular flexibility index (Phi) is 50.3. The molecule has 1 N–H and O–H groups in total. The number of rotatable bonds is 53. The fourth-order valence-corrected chi connectivity index (χ4v) is 9.23. The molecule has 0 rings (SSSR count). The molecule has 2 atom stereocenters. The molecule has 7 nitrogen and oxygen atoms in total. The highest BCUT2D eigenvalue weighted by Crippen LogP contribution is 2.22. The molecule has 0 saturated heterocycles. The predicted octanol–water partition coefficient (Wildman–Crippen LogP) is 16.2. The number of nitrogens with zero attached hydrogens (tertiary/aromatic N) is 2. The average Bonchev–Trinajstić information content (AvgIpc) is 3.30. The predicted molar refractivity (Wildman–Crippen MR) is 277 cm³/mol. The van der Waals surface area contributed by atoms with Crippen molar-refractivity contribution in [2.24, 2.45) is 11.8 Å². The standard InChI is InChI=1S/C57H114N2O5/c1-6-11-16-20-24-32-41-54(39-30-18-13-8-3)52-63-56(61)43-34-26-22-28-36-46-59(50-49-58(45-15-10-5)48-38-51-60)47-37-29-23-27-35-44-57(62)64-53-55(40-31-19-14-9-4)42-33-25-21-17-12-7-2/h54-55,60H,6-53H2,1-5H3. The summed E-state index contributed by atoms with van der Waals surface area (Å²) < 4.78 is 11.7. The van der Waals surface area contributed by atoms with E-state index in [1.165, 1.54) is 205 Å². The van der Waals surface area contributed by atoms with E-state index < -0.39 is 0 Å². The third-order valence-corrected chi connectivity index (χ3v) is 13.7. The number of carbonyl (C=O) groups excluding carboxylic acids is 2. The van der Waals surface area contributed by atoms with Gasteiger partial charge in [0.25, 0.3) is 0 Å². The van der Waals surface area contributed by atoms with Gasteiger partial charge in [-0.15, -0.1) is 0 Å². The number of aliphatic hydroxyl groups is 1. The molecule has 7 heteroatoms. The molecule has 0 amide bonds. The lowest BCUT2D eigenvalue weighted by Gasteiger charge is -2.28. The second-order valence-electron chi connectivity index (χ2n) is 20.1. The molecular formula is C57H114N2O5. The van der Waals surface area contributed by atoms with Crippen LogP contribution in [0.2, 0.25) is 0 Å². The van der Waals surface area contributed by atoms with E-state index in [0.29, 0.717) is 37.9 Å². The Balaban J connectivity index is 4.64. The first-order valence-corrected chi connectivity index (χ1v) is 28.8. The molecule has 0 aromatic heterocycles. The van der Waals surface area contributed by atoms with E-state index in [9.17, 15) is 14.7 Å². The number of ether oxygens (including phenoxy) is 2. The number of unbranched alkanes of at least 4 members (excludes halogenated alkanes) is 25. The first-order valence-electron chi connectivity index (χ1n) is 28.8. The van der Waals surface area contributed by atoms with E-state index in [-0.39, 0.29) is 18.5 Å². The fourth-order valence-electron chi connectivity index (χ4n) is 9.23. The summed E-state index contributed by atoms with van der Waals surface area (Å²) in [4.78, 5) is 30.6. The molecule has 0 aromatic rings. The summed E-state index contributed by atoms with van der Waals surface area (Å²) in [7, 11) is 0. The van der Waals surface area contributed by atoms with Crippen molar-refractivity contribution in [3.63, 3.8) is 0 Å². The van der Waals surface area contributed by atoms with Crippen molar-refractivity contribution in [2.75, 3.05) is 59.1 Å². The van der Waals surface area contributed by atoms with E-state index >= 15 is 0 Å². The molecule has 0 fully saturated rings. The Morgan fingerprint density at radius 2 is 0.625 bits per heavy atom. The van der Waals surface area contributed by atoms with Crippen LogP contribution in [0.25, 0.3) is 0 Å². The molecule has 0 bridgehead atoms. The van der Waals surface area contributed by atoms with Gasteiger partial charge in [-0.1, -0.05) is 208 Å². The normalized spacial score (nSPS) is 12.7. The molecule has 0 aliphatic carbocycles. The van der Waals surface area contributed by atoms with Gasteiger partial charge in [0, 0.05) is 39.1 Å². The molecule has 0 spiro atoms. The minimum absolute atomic E-state index is 0.0113. The van der Waals surface area contributed by atoms with Crippen LogP contribution in [0.15, 0.2) is 0 Å². The maximum atomic E-state index is 12.7. The van der Waals surface area contributed by atoms with Crippen LogP contribution in [0.1, 0.15) is 285 Å². The summed E-state index contributed by atoms with van der Waals surface area (Å²) >= 11 is 0. The molecule has 0 aliphatic heterocycles. The third-order valence-electron chi connectivity index (χ3n) is 13.7. The van der Waals surface area contributed by atoms with Crippen LogP contribution in [-0.4, -0.2) is 85.9 Å². The Labute approximate surface area is 400 Å². The van der Waals surface area contributed by atoms with E-state index in [4.69, 9.17) is 9.47 Å². The van der Waals surface area contributed by atoms with Crippen molar-refractivity contribution in [3.05, 3.63) is 0 Å². The van der Waals surface area contributed by atoms with Crippen LogP contribution in [0.3, 0.4) is 0 Å². The zero-order valence-electron chi connectivity index (χ0n) is 44.1. The highest BCUT2D eigenvalue weighted by atomic mass is 16.5. The van der Waals surface area contributed by atoms with Gasteiger partial charge in [0.05, 0.1) is 13.2 Å². The molecule has 0 saturated carbocycles. The second-order valence-corrected chi connectivity index (χ2v) is 20.1. The summed E-state index contributed by atoms with van der Waals surface area (Å²) in [5.41, 5.74) is 0. The quantitative estimate of drug-likeness (QED) is 0.0481. The van der Waals surface area contributed by atoms with Crippen molar-refractivity contribution >= 4 is 11.9 Å². The lowest BCUT2D eigenvalue weighted by atomic mass is 9.95. The highest BCUT2D eigenvalue weighted by molar-refractivity contribution is 5.69. The molecule has 0 aliphatic rings. The molecule has 382 valence electrons. The van der Waals surface area contributed by atoms with Gasteiger partial charge in [0.2, 0.25) is 0 Å². The van der Waals surface area contributed by atoms with E-state index in [1.807, 2.05) is 0 Å². The van der Waals surface area contributed by atoms with Crippen LogP contribution in [0.5, 0.6) is 0 Å². The number of esters is 2. The third kappa shape index (κ3) is 44.6. The van der Waals surface area contributed by atoms with Gasteiger partial charge in [-0.3, -0.25) is 9.59 Å². The molecular weight excluding hydrogens is 793 g/mol. The number of aliphatic hydroxyl groups excluding tert-OH is 1. The van der Waals surface area contributed by atoms with Gasteiger partial charge in [0.15, 0.2) is 0 Å². The highest BCUT2D eigenvalue weighted by Gasteiger charge is 2.15. The summed E-state index contributed by atoms with van der Waals surface area (Å²) in [6.45, 7) is 19.4. The monoisotopic (exact) mass is 907 g/mol. The van der Waals surface area contributed by atoms with Crippen molar-refractivity contribution in [3.8, 4) is 0 Å². The molecule has 0 radical (unpaired) electrons. The van der Waals surface area contributed by atoms with Gasteiger partial charge in [-0.05, 0) is 95.7 Å². The molecule has 2 unspecified atom stereocenters. The van der Waals surface area contributed by atoms with Crippen LogP contribution in [-0.2, 0) is 19.1 Å². The van der Waals surface area contributed by atoms with Gasteiger partial charge in [-0.2, -0.15) is 0 Å². The van der Waals surface area contributed by atoms with Crippen LogP contribution < -0.4 is 0 Å². The number of carbonyl (C=O) groups is 2. The Morgan fingerprint density at radius 1 is 0.344 bits per heavy atom. The van der Waals surface area contributed by atoms with E-state index in [2.05, 4.69) is 44.4 Å². The van der Waals surface area contributed by atoms with E-state index in [1.54, 1.807) is 0 Å². The zero-order valence-corrected chi connectivity index (χ0v) is 44.1. The molecule has 64 heavy (non-hydrogen) atoms. The van der Waals surface area contributed by atoms with Crippen molar-refractivity contribution in [1.82, 2.24) is 9.80 Å². The summed E-state index contributed by atoms with van der Waals surface area (Å²) in [5, 5.41) is 9.50. The lowest BCUT2D eigenvalue weighted by molar-refractivity contribution is -0.146. The first kappa shape index (κ1) is 62.8. The van der Waals surface area contributed by atoms with Gasteiger partial charge >= 0.3 is 11.9 Å². The second kappa shape index (κ2) is 51.2.